The van der Waals surface area contributed by atoms with Crippen molar-refractivity contribution in [3.63, 3.8) is 0 Å². The van der Waals surface area contributed by atoms with Crippen molar-refractivity contribution in [1.82, 2.24) is 16.0 Å². The van der Waals surface area contributed by atoms with E-state index in [9.17, 15) is 9.59 Å². The fourth-order valence-corrected chi connectivity index (χ4v) is 5.25. The van der Waals surface area contributed by atoms with Crippen LogP contribution in [0, 0.1) is 11.8 Å². The predicted molar refractivity (Wildman–Crippen MR) is 111 cm³/mol. The second kappa shape index (κ2) is 8.22. The van der Waals surface area contributed by atoms with Crippen LogP contribution in [-0.2, 0) is 28.9 Å². The number of aromatic nitrogens is 1. The number of anilines is 1. The third-order valence-electron chi connectivity index (χ3n) is 6.85. The highest BCUT2D eigenvalue weighted by Gasteiger charge is 2.40. The zero-order valence-electron chi connectivity index (χ0n) is 17.1. The lowest BCUT2D eigenvalue weighted by atomic mass is 9.72. The van der Waals surface area contributed by atoms with Gasteiger partial charge in [0.05, 0.1) is 12.5 Å². The Bertz CT molecular complexity index is 936. The van der Waals surface area contributed by atoms with Gasteiger partial charge in [0.15, 0.2) is 5.82 Å². The number of hydrogen-bond acceptors (Lipinski definition) is 5. The quantitative estimate of drug-likeness (QED) is 0.722. The van der Waals surface area contributed by atoms with Crippen molar-refractivity contribution in [1.29, 1.82) is 0 Å². The zero-order chi connectivity index (χ0) is 20.5. The molecular formula is C23H28N4O3. The molecule has 1 saturated carbocycles. The molecule has 0 spiro atoms. The van der Waals surface area contributed by atoms with Gasteiger partial charge in [0.25, 0.3) is 0 Å². The number of nitrogens with zero attached hydrogens (tertiary/aromatic N) is 1. The topological polar surface area (TPSA) is 96.3 Å². The summed E-state index contributed by atoms with van der Waals surface area (Å²) in [4.78, 5) is 24.7. The summed E-state index contributed by atoms with van der Waals surface area (Å²) in [6, 6.07) is 8.27. The number of carbonyl (C=O) groups excluding carboxylic acids is 2. The number of fused-ring (bicyclic) bond motifs is 2. The van der Waals surface area contributed by atoms with E-state index in [0.717, 1.165) is 67.4 Å². The van der Waals surface area contributed by atoms with Gasteiger partial charge in [0.1, 0.15) is 5.76 Å². The predicted octanol–water partition coefficient (Wildman–Crippen LogP) is 3.22. The van der Waals surface area contributed by atoms with Crippen LogP contribution in [-0.4, -0.2) is 17.0 Å². The van der Waals surface area contributed by atoms with E-state index in [1.807, 2.05) is 12.1 Å². The first-order chi connectivity index (χ1) is 14.7. The number of rotatable bonds is 4. The molecule has 0 bridgehead atoms. The lowest BCUT2D eigenvalue weighted by Crippen LogP contribution is -2.55. The molecular weight excluding hydrogens is 380 g/mol. The monoisotopic (exact) mass is 408 g/mol. The summed E-state index contributed by atoms with van der Waals surface area (Å²) in [6.07, 6.45) is 8.68. The van der Waals surface area contributed by atoms with Crippen LogP contribution in [0.15, 0.2) is 28.8 Å². The molecule has 7 heteroatoms. The second-order valence-corrected chi connectivity index (χ2v) is 8.77. The summed E-state index contributed by atoms with van der Waals surface area (Å²) in [6.45, 7) is 0. The van der Waals surface area contributed by atoms with Crippen LogP contribution in [0.1, 0.15) is 67.0 Å². The first kappa shape index (κ1) is 19.3. The Morgan fingerprint density at radius 2 is 1.90 bits per heavy atom. The highest BCUT2D eigenvalue weighted by atomic mass is 16.5. The Morgan fingerprint density at radius 1 is 1.10 bits per heavy atom. The largest absolute Gasteiger partial charge is 0.359 e. The molecule has 2 aliphatic carbocycles. The van der Waals surface area contributed by atoms with Gasteiger partial charge in [-0.1, -0.05) is 42.3 Å². The molecule has 2 fully saturated rings. The van der Waals surface area contributed by atoms with Gasteiger partial charge in [0.2, 0.25) is 11.8 Å². The van der Waals surface area contributed by atoms with Crippen LogP contribution in [0.3, 0.4) is 0 Å². The van der Waals surface area contributed by atoms with Crippen molar-refractivity contribution in [2.75, 3.05) is 5.32 Å². The Balaban J connectivity index is 1.23. The maximum absolute atomic E-state index is 12.5. The summed E-state index contributed by atoms with van der Waals surface area (Å²) in [5.41, 5.74) is 9.22. The number of nitrogens with one attached hydrogen (secondary N) is 3. The summed E-state index contributed by atoms with van der Waals surface area (Å²) in [5.74, 6) is 1.97. The third-order valence-corrected chi connectivity index (χ3v) is 6.85. The average molecular weight is 409 g/mol. The average Bonchev–Trinajstić information content (AvgIpc) is 3.18. The number of hydrogen-bond donors (Lipinski definition) is 3. The molecule has 1 aromatic carbocycles. The minimum Gasteiger partial charge on any atom is -0.359 e. The number of carbonyl (C=O) groups is 2. The molecule has 0 radical (unpaired) electrons. The van der Waals surface area contributed by atoms with E-state index in [1.54, 1.807) is 0 Å². The Labute approximate surface area is 175 Å². The fourth-order valence-electron chi connectivity index (χ4n) is 5.25. The summed E-state index contributed by atoms with van der Waals surface area (Å²) < 4.78 is 5.37. The number of amides is 2. The number of benzene rings is 1. The second-order valence-electron chi connectivity index (χ2n) is 8.77. The molecule has 2 heterocycles. The lowest BCUT2D eigenvalue weighted by Gasteiger charge is -2.41. The van der Waals surface area contributed by atoms with Gasteiger partial charge in [-0.15, -0.1) is 0 Å². The SMILES string of the molecule is O=C(Cc1ccc(C2NNC(=O)C3CCCCC32)cc1)Nc1noc2c1CCCC2. The van der Waals surface area contributed by atoms with E-state index in [-0.39, 0.29) is 23.8 Å². The van der Waals surface area contributed by atoms with E-state index in [0.29, 0.717) is 18.2 Å². The molecule has 2 amide bonds. The Kier molecular flexibility index (Phi) is 5.29. The van der Waals surface area contributed by atoms with Crippen LogP contribution in [0.4, 0.5) is 5.82 Å². The maximum atomic E-state index is 12.5. The zero-order valence-corrected chi connectivity index (χ0v) is 17.1. The van der Waals surface area contributed by atoms with Crippen LogP contribution in [0.5, 0.6) is 0 Å². The normalized spacial score (nSPS) is 25.7. The van der Waals surface area contributed by atoms with Crippen LogP contribution in [0.2, 0.25) is 0 Å². The molecule has 2 aromatic rings. The van der Waals surface area contributed by atoms with Crippen molar-refractivity contribution in [2.45, 2.75) is 63.8 Å². The van der Waals surface area contributed by atoms with Crippen molar-refractivity contribution >= 4 is 17.6 Å². The molecule has 30 heavy (non-hydrogen) atoms. The van der Waals surface area contributed by atoms with Gasteiger partial charge in [-0.3, -0.25) is 15.0 Å². The first-order valence-corrected chi connectivity index (χ1v) is 11.1. The molecule has 3 atom stereocenters. The van der Waals surface area contributed by atoms with Gasteiger partial charge in [-0.25, -0.2) is 5.43 Å². The molecule has 1 aliphatic heterocycles. The highest BCUT2D eigenvalue weighted by Crippen LogP contribution is 2.40. The lowest BCUT2D eigenvalue weighted by molar-refractivity contribution is -0.133. The minimum atomic E-state index is -0.0835. The molecule has 3 unspecified atom stereocenters. The summed E-state index contributed by atoms with van der Waals surface area (Å²) in [5, 5.41) is 6.96. The van der Waals surface area contributed by atoms with E-state index in [1.165, 1.54) is 6.42 Å². The molecule has 1 aromatic heterocycles. The van der Waals surface area contributed by atoms with Crippen molar-refractivity contribution in [3.05, 3.63) is 46.7 Å². The van der Waals surface area contributed by atoms with Gasteiger partial charge < -0.3 is 9.84 Å². The molecule has 5 rings (SSSR count). The third kappa shape index (κ3) is 3.74. The van der Waals surface area contributed by atoms with E-state index < -0.39 is 0 Å². The fraction of sp³-hybridized carbons (Fsp3) is 0.522. The van der Waals surface area contributed by atoms with Gasteiger partial charge in [-0.2, -0.15) is 0 Å². The smallest absolute Gasteiger partial charge is 0.237 e. The number of hydrazine groups is 1. The first-order valence-electron chi connectivity index (χ1n) is 11.1. The maximum Gasteiger partial charge on any atom is 0.237 e. The standard InChI is InChI=1S/C23H28N4O3/c28-20(24-22-18-7-3-4-8-19(18)30-27-22)13-14-9-11-15(12-10-14)21-16-5-1-2-6-17(16)23(29)26-25-21/h9-12,16-17,21,25H,1-8,13H2,(H,26,29)(H,24,27,28). The number of aryl methyl sites for hydroxylation is 1. The molecule has 1 saturated heterocycles. The van der Waals surface area contributed by atoms with Gasteiger partial charge in [-0.05, 0) is 49.1 Å². The molecule has 7 nitrogen and oxygen atoms in total. The summed E-state index contributed by atoms with van der Waals surface area (Å²) in [7, 11) is 0. The minimum absolute atomic E-state index is 0.0835. The Morgan fingerprint density at radius 3 is 2.77 bits per heavy atom. The van der Waals surface area contributed by atoms with E-state index in [4.69, 9.17) is 4.52 Å². The van der Waals surface area contributed by atoms with Crippen molar-refractivity contribution in [2.24, 2.45) is 11.8 Å². The van der Waals surface area contributed by atoms with Crippen LogP contribution in [0.25, 0.3) is 0 Å². The highest BCUT2D eigenvalue weighted by molar-refractivity contribution is 5.92. The van der Waals surface area contributed by atoms with Gasteiger partial charge >= 0.3 is 0 Å². The molecule has 3 N–H and O–H groups in total. The van der Waals surface area contributed by atoms with E-state index in [2.05, 4.69) is 33.5 Å². The van der Waals surface area contributed by atoms with E-state index >= 15 is 0 Å². The molecule has 3 aliphatic rings. The molecule has 158 valence electrons. The van der Waals surface area contributed by atoms with Crippen LogP contribution >= 0.6 is 0 Å². The van der Waals surface area contributed by atoms with Gasteiger partial charge in [0, 0.05) is 17.9 Å². The van der Waals surface area contributed by atoms with Crippen LogP contribution < -0.4 is 16.2 Å². The summed E-state index contributed by atoms with van der Waals surface area (Å²) >= 11 is 0. The van der Waals surface area contributed by atoms with Crippen molar-refractivity contribution < 1.29 is 14.1 Å². The van der Waals surface area contributed by atoms with Crippen molar-refractivity contribution in [3.8, 4) is 0 Å². The Hall–Kier alpha value is -2.67.